The van der Waals surface area contributed by atoms with Crippen LogP contribution in [-0.2, 0) is 0 Å². The Morgan fingerprint density at radius 2 is 1.46 bits per heavy atom. The molecule has 0 aromatic heterocycles. The summed E-state index contributed by atoms with van der Waals surface area (Å²) < 4.78 is 5.43. The maximum Gasteiger partial charge on any atom is 0.118 e. The molecular formula is C38H36O. The highest BCUT2D eigenvalue weighted by molar-refractivity contribution is 5.97. The molecule has 1 aliphatic carbocycles. The molecule has 6 rings (SSSR count). The number of aryl methyl sites for hydroxylation is 1. The maximum atomic E-state index is 5.43. The Kier molecular flexibility index (Phi) is 6.83. The maximum absolute atomic E-state index is 5.43. The first-order valence-corrected chi connectivity index (χ1v) is 14.0. The highest BCUT2D eigenvalue weighted by Gasteiger charge is 2.31. The fourth-order valence-corrected chi connectivity index (χ4v) is 6.08. The van der Waals surface area contributed by atoms with E-state index in [-0.39, 0.29) is 0 Å². The van der Waals surface area contributed by atoms with Gasteiger partial charge in [0.15, 0.2) is 0 Å². The van der Waals surface area contributed by atoms with Gasteiger partial charge in [-0.25, -0.2) is 0 Å². The molecule has 1 aliphatic rings. The van der Waals surface area contributed by atoms with Gasteiger partial charge in [0.25, 0.3) is 0 Å². The number of hydrogen-bond acceptors (Lipinski definition) is 1. The van der Waals surface area contributed by atoms with E-state index >= 15 is 0 Å². The van der Waals surface area contributed by atoms with Gasteiger partial charge < -0.3 is 4.74 Å². The van der Waals surface area contributed by atoms with Crippen LogP contribution in [-0.4, -0.2) is 7.11 Å². The molecule has 39 heavy (non-hydrogen) atoms. The Morgan fingerprint density at radius 3 is 2.21 bits per heavy atom. The molecule has 0 fully saturated rings. The van der Waals surface area contributed by atoms with Gasteiger partial charge in [-0.2, -0.15) is 0 Å². The standard InChI is InChI=1S/C38H36O/c1-25(2)29-9-7-10-31(20-29)37-22-32(27-16-18-34(39-4)19-17-27)23-38(37)33-21-30-8-5-6-11-35(30)36(24-33)28-14-12-26(3)13-15-28/h5-21,23-25,37-38H,22H2,1-4H3/t37-,38?/m0/s1. The molecule has 0 spiro atoms. The Balaban J connectivity index is 1.51. The number of methoxy groups -OCH3 is 1. The van der Waals surface area contributed by atoms with Gasteiger partial charge >= 0.3 is 0 Å². The normalized spacial score (nSPS) is 17.0. The van der Waals surface area contributed by atoms with Crippen molar-refractivity contribution < 1.29 is 4.74 Å². The van der Waals surface area contributed by atoms with Crippen molar-refractivity contribution in [2.45, 2.75) is 44.9 Å². The molecule has 2 atom stereocenters. The highest BCUT2D eigenvalue weighted by Crippen LogP contribution is 2.49. The van der Waals surface area contributed by atoms with E-state index < -0.39 is 0 Å². The summed E-state index contributed by atoms with van der Waals surface area (Å²) in [6.07, 6.45) is 3.54. The summed E-state index contributed by atoms with van der Waals surface area (Å²) >= 11 is 0. The van der Waals surface area contributed by atoms with Crippen LogP contribution in [0.15, 0.2) is 115 Å². The van der Waals surface area contributed by atoms with Gasteiger partial charge in [-0.15, -0.1) is 0 Å². The molecular weight excluding hydrogens is 472 g/mol. The van der Waals surface area contributed by atoms with Crippen LogP contribution in [0, 0.1) is 6.92 Å². The number of hydrogen-bond donors (Lipinski definition) is 0. The zero-order valence-electron chi connectivity index (χ0n) is 23.3. The lowest BCUT2D eigenvalue weighted by atomic mass is 9.80. The third kappa shape index (κ3) is 5.02. The van der Waals surface area contributed by atoms with Gasteiger partial charge in [0.1, 0.15) is 5.75 Å². The van der Waals surface area contributed by atoms with Crippen LogP contribution in [0.25, 0.3) is 27.5 Å². The molecule has 0 radical (unpaired) electrons. The van der Waals surface area contributed by atoms with Crippen molar-refractivity contribution in [2.75, 3.05) is 7.11 Å². The Labute approximate surface area is 232 Å². The van der Waals surface area contributed by atoms with Crippen LogP contribution in [0.3, 0.4) is 0 Å². The van der Waals surface area contributed by atoms with Gasteiger partial charge in [-0.3, -0.25) is 0 Å². The second-order valence-corrected chi connectivity index (χ2v) is 11.2. The zero-order chi connectivity index (χ0) is 26.9. The number of rotatable bonds is 6. The molecule has 1 heteroatoms. The molecule has 5 aromatic carbocycles. The minimum absolute atomic E-state index is 0.290. The van der Waals surface area contributed by atoms with Crippen LogP contribution in [0.2, 0.25) is 0 Å². The van der Waals surface area contributed by atoms with Crippen molar-refractivity contribution in [3.8, 4) is 16.9 Å². The number of benzene rings is 5. The van der Waals surface area contributed by atoms with Gasteiger partial charge in [-0.1, -0.05) is 116 Å². The Bertz CT molecular complexity index is 1640. The Morgan fingerprint density at radius 1 is 0.718 bits per heavy atom. The van der Waals surface area contributed by atoms with Gasteiger partial charge in [-0.05, 0) is 93.1 Å². The summed E-state index contributed by atoms with van der Waals surface area (Å²) in [5.74, 6) is 2.08. The van der Waals surface area contributed by atoms with Gasteiger partial charge in [0, 0.05) is 5.92 Å². The molecule has 0 N–H and O–H groups in total. The highest BCUT2D eigenvalue weighted by atomic mass is 16.5. The summed E-state index contributed by atoms with van der Waals surface area (Å²) in [4.78, 5) is 0. The third-order valence-electron chi connectivity index (χ3n) is 8.35. The molecule has 0 bridgehead atoms. The first kappa shape index (κ1) is 25.2. The molecule has 1 unspecified atom stereocenters. The smallest absolute Gasteiger partial charge is 0.118 e. The van der Waals surface area contributed by atoms with Crippen molar-refractivity contribution in [3.05, 3.63) is 143 Å². The fraction of sp³-hybridized carbons (Fsp3) is 0.211. The fourth-order valence-electron chi connectivity index (χ4n) is 6.08. The molecule has 0 saturated carbocycles. The molecule has 5 aromatic rings. The quantitative estimate of drug-likeness (QED) is 0.222. The Hall–Kier alpha value is -4.10. The average molecular weight is 509 g/mol. The third-order valence-corrected chi connectivity index (χ3v) is 8.35. The van der Waals surface area contributed by atoms with Gasteiger partial charge in [0.2, 0.25) is 0 Å². The van der Waals surface area contributed by atoms with Crippen LogP contribution in [0.4, 0.5) is 0 Å². The van der Waals surface area contributed by atoms with Crippen molar-refractivity contribution in [1.82, 2.24) is 0 Å². The first-order chi connectivity index (χ1) is 19.0. The summed E-state index contributed by atoms with van der Waals surface area (Å²) in [6.45, 7) is 6.71. The van der Waals surface area contributed by atoms with Gasteiger partial charge in [0.05, 0.1) is 7.11 Å². The monoisotopic (exact) mass is 508 g/mol. The predicted molar refractivity (Wildman–Crippen MR) is 166 cm³/mol. The summed E-state index contributed by atoms with van der Waals surface area (Å²) in [5, 5.41) is 2.60. The van der Waals surface area contributed by atoms with Crippen LogP contribution in [0.5, 0.6) is 5.75 Å². The van der Waals surface area contributed by atoms with E-state index in [2.05, 4.69) is 136 Å². The van der Waals surface area contributed by atoms with E-state index in [0.717, 1.165) is 12.2 Å². The second-order valence-electron chi connectivity index (χ2n) is 11.2. The predicted octanol–water partition coefficient (Wildman–Crippen LogP) is 10.3. The molecule has 194 valence electrons. The summed E-state index contributed by atoms with van der Waals surface area (Å²) in [5.41, 5.74) is 10.8. The number of ether oxygens (including phenoxy) is 1. The number of allylic oxidation sites excluding steroid dienone is 2. The number of fused-ring (bicyclic) bond motifs is 1. The van der Waals surface area contributed by atoms with Crippen LogP contribution in [0.1, 0.15) is 65.8 Å². The van der Waals surface area contributed by atoms with E-state index in [9.17, 15) is 0 Å². The SMILES string of the molecule is COc1ccc(C2=CC(c3cc(-c4ccc(C)cc4)c4ccccc4c3)[C@H](c3cccc(C(C)C)c3)C2)cc1. The molecule has 0 aliphatic heterocycles. The van der Waals surface area contributed by atoms with E-state index in [1.165, 1.54) is 55.3 Å². The van der Waals surface area contributed by atoms with Crippen molar-refractivity contribution in [1.29, 1.82) is 0 Å². The lowest BCUT2D eigenvalue weighted by Crippen LogP contribution is -2.06. The second kappa shape index (κ2) is 10.6. The topological polar surface area (TPSA) is 9.23 Å². The lowest BCUT2D eigenvalue weighted by Gasteiger charge is -2.23. The van der Waals surface area contributed by atoms with E-state index in [4.69, 9.17) is 4.74 Å². The molecule has 0 heterocycles. The van der Waals surface area contributed by atoms with Crippen molar-refractivity contribution >= 4 is 16.3 Å². The first-order valence-electron chi connectivity index (χ1n) is 14.0. The minimum Gasteiger partial charge on any atom is -0.497 e. The van der Waals surface area contributed by atoms with Crippen LogP contribution < -0.4 is 4.74 Å². The summed E-state index contributed by atoms with van der Waals surface area (Å²) in [7, 11) is 1.73. The largest absolute Gasteiger partial charge is 0.497 e. The van der Waals surface area contributed by atoms with E-state index in [1.54, 1.807) is 7.11 Å². The minimum atomic E-state index is 0.290. The lowest BCUT2D eigenvalue weighted by molar-refractivity contribution is 0.415. The van der Waals surface area contributed by atoms with E-state index in [1.807, 2.05) is 0 Å². The van der Waals surface area contributed by atoms with Crippen molar-refractivity contribution in [3.63, 3.8) is 0 Å². The molecule has 0 saturated heterocycles. The molecule has 0 amide bonds. The van der Waals surface area contributed by atoms with E-state index in [0.29, 0.717) is 17.8 Å². The van der Waals surface area contributed by atoms with Crippen molar-refractivity contribution in [2.24, 2.45) is 0 Å². The summed E-state index contributed by atoms with van der Waals surface area (Å²) in [6, 6.07) is 40.5. The molecule has 1 nitrogen and oxygen atoms in total. The average Bonchev–Trinajstić information content (AvgIpc) is 3.43. The zero-order valence-corrected chi connectivity index (χ0v) is 23.3. The van der Waals surface area contributed by atoms with Crippen LogP contribution >= 0.6 is 0 Å².